The summed E-state index contributed by atoms with van der Waals surface area (Å²) in [5.74, 6) is 0.975. The van der Waals surface area contributed by atoms with Crippen LogP contribution in [-0.4, -0.2) is 10.3 Å². The van der Waals surface area contributed by atoms with Gasteiger partial charge in [0.15, 0.2) is 0 Å². The quantitative estimate of drug-likeness (QED) is 0.520. The van der Waals surface area contributed by atoms with Gasteiger partial charge in [-0.25, -0.2) is 0 Å². The van der Waals surface area contributed by atoms with Crippen molar-refractivity contribution < 1.29 is 0 Å². The Morgan fingerprint density at radius 3 is 2.65 bits per heavy atom. The Morgan fingerprint density at radius 1 is 1.30 bits per heavy atom. The van der Waals surface area contributed by atoms with Crippen LogP contribution in [0.4, 0.5) is 0 Å². The number of nitrogens with zero attached hydrogens (tertiary/aromatic N) is 1. The Morgan fingerprint density at radius 2 is 2.05 bits per heavy atom. The highest BCUT2D eigenvalue weighted by molar-refractivity contribution is 9.10. The summed E-state index contributed by atoms with van der Waals surface area (Å²) in [6.07, 6.45) is 14.8. The molecule has 3 heteroatoms. The van der Waals surface area contributed by atoms with Crippen molar-refractivity contribution in [3.05, 3.63) is 28.5 Å². The summed E-state index contributed by atoms with van der Waals surface area (Å²) in [4.78, 5) is 4.31. The zero-order valence-corrected chi connectivity index (χ0v) is 15.5. The lowest BCUT2D eigenvalue weighted by Crippen LogP contribution is -2.31. The van der Waals surface area contributed by atoms with Crippen LogP contribution in [0.2, 0.25) is 0 Å². The number of unbranched alkanes of at least 4 members (excludes halogenated alkanes) is 1. The van der Waals surface area contributed by atoms with E-state index in [1.54, 1.807) is 0 Å². The second kappa shape index (κ2) is 7.93. The number of hydrogen-bond donors (Lipinski definition) is 0. The summed E-state index contributed by atoms with van der Waals surface area (Å²) in [7, 11) is 0. The number of halogens is 2. The van der Waals surface area contributed by atoms with Crippen LogP contribution >= 0.6 is 31.9 Å². The molecule has 1 nitrogen and oxygen atoms in total. The summed E-state index contributed by atoms with van der Waals surface area (Å²) in [5.41, 5.74) is 1.82. The van der Waals surface area contributed by atoms with Crippen molar-refractivity contribution in [2.24, 2.45) is 11.3 Å². The number of aromatic nitrogens is 1. The average Bonchev–Trinajstić information content (AvgIpc) is 2.47. The molecule has 0 spiro atoms. The van der Waals surface area contributed by atoms with Crippen LogP contribution in [0.5, 0.6) is 0 Å². The Balaban J connectivity index is 1.94. The zero-order valence-electron chi connectivity index (χ0n) is 12.4. The number of pyridine rings is 1. The smallest absolute Gasteiger partial charge is 0.0410 e. The van der Waals surface area contributed by atoms with Crippen molar-refractivity contribution in [1.82, 2.24) is 4.98 Å². The first-order chi connectivity index (χ1) is 9.67. The van der Waals surface area contributed by atoms with Gasteiger partial charge in [-0.1, -0.05) is 42.1 Å². The minimum Gasteiger partial charge on any atom is -0.263 e. The molecule has 0 saturated heterocycles. The molecule has 0 atom stereocenters. The molecule has 2 rings (SSSR count). The topological polar surface area (TPSA) is 12.9 Å². The number of hydrogen-bond acceptors (Lipinski definition) is 1. The molecule has 112 valence electrons. The minimum absolute atomic E-state index is 0.450. The highest BCUT2D eigenvalue weighted by Gasteiger charge is 2.34. The molecule has 1 aromatic rings. The van der Waals surface area contributed by atoms with Crippen LogP contribution in [0, 0.1) is 11.3 Å². The van der Waals surface area contributed by atoms with Crippen molar-refractivity contribution in [3.8, 4) is 0 Å². The standard InChI is InChI=1S/C17H25Br2N/c1-2-3-4-14-5-7-17(13-18,8-6-14)10-15-9-16(19)12-20-11-15/h9,11-12,14H,2-8,10,13H2,1H3. The molecular weight excluding hydrogens is 378 g/mol. The van der Waals surface area contributed by atoms with Crippen molar-refractivity contribution >= 4 is 31.9 Å². The molecule has 1 aliphatic carbocycles. The van der Waals surface area contributed by atoms with Crippen molar-refractivity contribution in [2.75, 3.05) is 5.33 Å². The van der Waals surface area contributed by atoms with E-state index in [-0.39, 0.29) is 0 Å². The second-order valence-corrected chi connectivity index (χ2v) is 7.88. The third kappa shape index (κ3) is 4.56. The van der Waals surface area contributed by atoms with Gasteiger partial charge in [0.1, 0.15) is 0 Å². The molecule has 1 fully saturated rings. The van der Waals surface area contributed by atoms with Crippen LogP contribution < -0.4 is 0 Å². The molecule has 0 aromatic carbocycles. The lowest BCUT2D eigenvalue weighted by atomic mass is 9.68. The summed E-state index contributed by atoms with van der Waals surface area (Å²) in [6, 6.07) is 2.22. The van der Waals surface area contributed by atoms with Crippen molar-refractivity contribution in [1.29, 1.82) is 0 Å². The molecule has 0 N–H and O–H groups in total. The van der Waals surface area contributed by atoms with Gasteiger partial charge in [0.2, 0.25) is 0 Å². The fourth-order valence-electron chi connectivity index (χ4n) is 3.41. The predicted octanol–water partition coefficient (Wildman–Crippen LogP) is 6.15. The molecule has 0 unspecified atom stereocenters. The molecule has 0 bridgehead atoms. The Bertz CT molecular complexity index is 411. The van der Waals surface area contributed by atoms with Crippen LogP contribution in [-0.2, 0) is 6.42 Å². The fourth-order valence-corrected chi connectivity index (χ4v) is 4.59. The second-order valence-electron chi connectivity index (χ2n) is 6.41. The highest BCUT2D eigenvalue weighted by Crippen LogP contribution is 2.44. The van der Waals surface area contributed by atoms with E-state index in [0.717, 1.165) is 22.1 Å². The molecule has 0 aliphatic heterocycles. The van der Waals surface area contributed by atoms with Crippen molar-refractivity contribution in [2.45, 2.75) is 58.3 Å². The maximum Gasteiger partial charge on any atom is 0.0410 e. The normalized spacial score (nSPS) is 26.6. The lowest BCUT2D eigenvalue weighted by molar-refractivity contribution is 0.168. The summed E-state index contributed by atoms with van der Waals surface area (Å²) < 4.78 is 1.09. The summed E-state index contributed by atoms with van der Waals surface area (Å²) >= 11 is 7.31. The number of rotatable bonds is 6. The van der Waals surface area contributed by atoms with E-state index >= 15 is 0 Å². The van der Waals surface area contributed by atoms with Gasteiger partial charge in [0, 0.05) is 22.2 Å². The van der Waals surface area contributed by atoms with E-state index in [9.17, 15) is 0 Å². The van der Waals surface area contributed by atoms with Crippen LogP contribution in [0.25, 0.3) is 0 Å². The molecule has 1 heterocycles. The van der Waals surface area contributed by atoms with Gasteiger partial charge in [-0.15, -0.1) is 0 Å². The zero-order chi connectivity index (χ0) is 14.4. The van der Waals surface area contributed by atoms with Gasteiger partial charge < -0.3 is 0 Å². The summed E-state index contributed by atoms with van der Waals surface area (Å²) in [5, 5.41) is 1.12. The van der Waals surface area contributed by atoms with Gasteiger partial charge in [0.25, 0.3) is 0 Å². The van der Waals surface area contributed by atoms with Gasteiger partial charge in [-0.3, -0.25) is 4.98 Å². The van der Waals surface area contributed by atoms with Gasteiger partial charge in [0.05, 0.1) is 0 Å². The molecular formula is C17H25Br2N. The monoisotopic (exact) mass is 401 g/mol. The van der Waals surface area contributed by atoms with Gasteiger partial charge >= 0.3 is 0 Å². The van der Waals surface area contributed by atoms with E-state index < -0.39 is 0 Å². The first-order valence-electron chi connectivity index (χ1n) is 7.83. The van der Waals surface area contributed by atoms with E-state index in [2.05, 4.69) is 49.8 Å². The number of alkyl halides is 1. The first kappa shape index (κ1) is 16.5. The Hall–Kier alpha value is 0.110. The maximum absolute atomic E-state index is 4.31. The van der Waals surface area contributed by atoms with Crippen molar-refractivity contribution in [3.63, 3.8) is 0 Å². The van der Waals surface area contributed by atoms with Gasteiger partial charge in [-0.05, 0) is 71.0 Å². The Labute approximate surface area is 140 Å². The average molecular weight is 403 g/mol. The molecule has 1 saturated carbocycles. The van der Waals surface area contributed by atoms with Crippen LogP contribution in [0.1, 0.15) is 57.4 Å². The van der Waals surface area contributed by atoms with E-state index in [4.69, 9.17) is 0 Å². The van der Waals surface area contributed by atoms with Crippen LogP contribution in [0.15, 0.2) is 22.9 Å². The Kier molecular flexibility index (Phi) is 6.54. The van der Waals surface area contributed by atoms with E-state index in [0.29, 0.717) is 5.41 Å². The van der Waals surface area contributed by atoms with E-state index in [1.807, 2.05) is 12.4 Å². The SMILES string of the molecule is CCCCC1CCC(CBr)(Cc2cncc(Br)c2)CC1. The largest absolute Gasteiger partial charge is 0.263 e. The molecule has 0 radical (unpaired) electrons. The maximum atomic E-state index is 4.31. The highest BCUT2D eigenvalue weighted by atomic mass is 79.9. The van der Waals surface area contributed by atoms with E-state index in [1.165, 1.54) is 50.5 Å². The third-order valence-corrected chi connectivity index (χ3v) is 6.38. The molecule has 0 amide bonds. The molecule has 20 heavy (non-hydrogen) atoms. The predicted molar refractivity (Wildman–Crippen MR) is 93.4 cm³/mol. The minimum atomic E-state index is 0.450. The van der Waals surface area contributed by atoms with Crippen LogP contribution in [0.3, 0.4) is 0 Å². The third-order valence-electron chi connectivity index (χ3n) is 4.76. The van der Waals surface area contributed by atoms with Gasteiger partial charge in [-0.2, -0.15) is 0 Å². The first-order valence-corrected chi connectivity index (χ1v) is 9.74. The summed E-state index contributed by atoms with van der Waals surface area (Å²) in [6.45, 7) is 2.30. The fraction of sp³-hybridized carbons (Fsp3) is 0.706. The molecule has 1 aromatic heterocycles. The molecule has 1 aliphatic rings. The lowest BCUT2D eigenvalue weighted by Gasteiger charge is -2.39.